The molecule has 146 valence electrons. The second kappa shape index (κ2) is 10.5. The van der Waals surface area contributed by atoms with Gasteiger partial charge in [0.15, 0.2) is 0 Å². The number of aryl methyl sites for hydroxylation is 1. The fraction of sp³-hybridized carbons (Fsp3) is 0.381. The van der Waals surface area contributed by atoms with Gasteiger partial charge in [0.2, 0.25) is 0 Å². The third kappa shape index (κ3) is 6.27. The molecule has 6 heteroatoms. The topological polar surface area (TPSA) is 88.0 Å². The van der Waals surface area contributed by atoms with Gasteiger partial charge in [0.25, 0.3) is 0 Å². The molecule has 1 amide bonds. The zero-order valence-electron chi connectivity index (χ0n) is 15.7. The summed E-state index contributed by atoms with van der Waals surface area (Å²) < 4.78 is 11.3. The molecular weight excluding hydrogens is 346 g/mol. The molecule has 0 bridgehead atoms. The number of benzene rings is 2. The Bertz CT molecular complexity index is 717. The van der Waals surface area contributed by atoms with Crippen LogP contribution in [0.1, 0.15) is 30.6 Å². The summed E-state index contributed by atoms with van der Waals surface area (Å²) in [7, 11) is 0. The maximum Gasteiger partial charge on any atom is 0.412 e. The summed E-state index contributed by atoms with van der Waals surface area (Å²) in [6, 6.07) is 14.7. The molecule has 0 aliphatic heterocycles. The van der Waals surface area contributed by atoms with E-state index in [2.05, 4.69) is 5.32 Å². The molecule has 6 nitrogen and oxygen atoms in total. The Labute approximate surface area is 159 Å². The Morgan fingerprint density at radius 3 is 2.44 bits per heavy atom. The van der Waals surface area contributed by atoms with E-state index in [1.54, 1.807) is 18.2 Å². The number of carbonyl (C=O) groups excluding carboxylic acids is 1. The fourth-order valence-electron chi connectivity index (χ4n) is 2.74. The average Bonchev–Trinajstić information content (AvgIpc) is 2.67. The van der Waals surface area contributed by atoms with Crippen LogP contribution < -0.4 is 10.1 Å². The first kappa shape index (κ1) is 20.7. The van der Waals surface area contributed by atoms with Gasteiger partial charge < -0.3 is 19.7 Å². The van der Waals surface area contributed by atoms with Crippen molar-refractivity contribution in [3.63, 3.8) is 0 Å². The minimum atomic E-state index is -0.600. The highest BCUT2D eigenvalue weighted by Crippen LogP contribution is 2.35. The molecule has 2 rings (SSSR count). The second-order valence-corrected chi connectivity index (χ2v) is 6.42. The molecule has 0 aliphatic rings. The first-order valence-electron chi connectivity index (χ1n) is 9.03. The maximum atomic E-state index is 12.4. The number of hydrogen-bond acceptors (Lipinski definition) is 5. The highest BCUT2D eigenvalue weighted by Gasteiger charge is 2.26. The van der Waals surface area contributed by atoms with Gasteiger partial charge in [-0.2, -0.15) is 0 Å². The summed E-state index contributed by atoms with van der Waals surface area (Å²) in [5, 5.41) is 21.1. The summed E-state index contributed by atoms with van der Waals surface area (Å²) in [6.07, 6.45) is -0.709. The van der Waals surface area contributed by atoms with Gasteiger partial charge in [-0.1, -0.05) is 42.8 Å². The molecule has 2 atom stereocenters. The molecule has 0 unspecified atom stereocenters. The van der Waals surface area contributed by atoms with E-state index in [-0.39, 0.29) is 25.7 Å². The number of nitrogens with one attached hydrogen (secondary N) is 1. The van der Waals surface area contributed by atoms with E-state index in [0.29, 0.717) is 23.4 Å². The Morgan fingerprint density at radius 1 is 1.07 bits per heavy atom. The van der Waals surface area contributed by atoms with Crippen molar-refractivity contribution in [3.8, 4) is 5.75 Å². The number of anilines is 1. The lowest BCUT2D eigenvalue weighted by Gasteiger charge is -2.26. The lowest BCUT2D eigenvalue weighted by atomic mass is 9.94. The Balaban J connectivity index is 2.19. The van der Waals surface area contributed by atoms with E-state index < -0.39 is 12.2 Å². The predicted molar refractivity (Wildman–Crippen MR) is 104 cm³/mol. The molecule has 3 N–H and O–H groups in total. The normalized spacial score (nSPS) is 12.9. The standard InChI is InChI=1S/C21H27NO5/c1-15-7-9-17(10-8-15)22-21(25)27-20(16(2)11-12-23)18-5-3-4-6-19(18)26-14-13-24/h3-10,16,20,23-24H,11-14H2,1-2H3,(H,22,25)/t16-,20+/m0/s1. The molecule has 0 spiro atoms. The van der Waals surface area contributed by atoms with Gasteiger partial charge in [-0.05, 0) is 37.5 Å². The van der Waals surface area contributed by atoms with Crippen LogP contribution in [0.4, 0.5) is 10.5 Å². The van der Waals surface area contributed by atoms with Crippen molar-refractivity contribution in [3.05, 3.63) is 59.7 Å². The highest BCUT2D eigenvalue weighted by molar-refractivity contribution is 5.84. The monoisotopic (exact) mass is 373 g/mol. The number of para-hydroxylation sites is 1. The van der Waals surface area contributed by atoms with Crippen LogP contribution >= 0.6 is 0 Å². The maximum absolute atomic E-state index is 12.4. The van der Waals surface area contributed by atoms with E-state index in [9.17, 15) is 9.90 Å². The molecule has 0 aromatic heterocycles. The van der Waals surface area contributed by atoms with Crippen molar-refractivity contribution >= 4 is 11.8 Å². The van der Waals surface area contributed by atoms with Crippen LogP contribution in [0.2, 0.25) is 0 Å². The van der Waals surface area contributed by atoms with E-state index in [1.807, 2.05) is 44.2 Å². The third-order valence-electron chi connectivity index (χ3n) is 4.21. The molecule has 0 radical (unpaired) electrons. The summed E-state index contributed by atoms with van der Waals surface area (Å²) >= 11 is 0. The number of carbonyl (C=O) groups is 1. The zero-order chi connectivity index (χ0) is 19.6. The van der Waals surface area contributed by atoms with Crippen LogP contribution in [0.5, 0.6) is 5.75 Å². The van der Waals surface area contributed by atoms with Crippen molar-refractivity contribution in [1.82, 2.24) is 0 Å². The van der Waals surface area contributed by atoms with Crippen LogP contribution in [0.25, 0.3) is 0 Å². The second-order valence-electron chi connectivity index (χ2n) is 6.42. The Kier molecular flexibility index (Phi) is 8.10. The van der Waals surface area contributed by atoms with Gasteiger partial charge in [0.05, 0.1) is 6.61 Å². The molecule has 2 aromatic rings. The smallest absolute Gasteiger partial charge is 0.412 e. The lowest BCUT2D eigenvalue weighted by Crippen LogP contribution is -2.23. The Hall–Kier alpha value is -2.57. The van der Waals surface area contributed by atoms with E-state index in [0.717, 1.165) is 5.56 Å². The van der Waals surface area contributed by atoms with Gasteiger partial charge in [-0.15, -0.1) is 0 Å². The summed E-state index contributed by atoms with van der Waals surface area (Å²) in [4.78, 5) is 12.4. The molecule has 2 aromatic carbocycles. The van der Waals surface area contributed by atoms with Gasteiger partial charge in [0.1, 0.15) is 18.5 Å². The quantitative estimate of drug-likeness (QED) is 0.624. The van der Waals surface area contributed by atoms with E-state index in [4.69, 9.17) is 14.6 Å². The number of rotatable bonds is 9. The van der Waals surface area contributed by atoms with Crippen LogP contribution in [-0.2, 0) is 4.74 Å². The minimum Gasteiger partial charge on any atom is -0.491 e. The number of hydrogen-bond donors (Lipinski definition) is 3. The van der Waals surface area contributed by atoms with Gasteiger partial charge in [0, 0.05) is 17.9 Å². The predicted octanol–water partition coefficient (Wildman–Crippen LogP) is 3.67. The molecule has 0 saturated carbocycles. The molecule has 0 heterocycles. The van der Waals surface area contributed by atoms with Crippen molar-refractivity contribution in [2.45, 2.75) is 26.4 Å². The van der Waals surface area contributed by atoms with Gasteiger partial charge in [-0.25, -0.2) is 4.79 Å². The number of ether oxygens (including phenoxy) is 2. The first-order valence-corrected chi connectivity index (χ1v) is 9.03. The highest BCUT2D eigenvalue weighted by atomic mass is 16.6. The summed E-state index contributed by atoms with van der Waals surface area (Å²) in [5.41, 5.74) is 2.44. The van der Waals surface area contributed by atoms with Crippen molar-refractivity contribution in [2.24, 2.45) is 5.92 Å². The molecule has 0 aliphatic carbocycles. The number of amides is 1. The van der Waals surface area contributed by atoms with Gasteiger partial charge in [-0.3, -0.25) is 5.32 Å². The van der Waals surface area contributed by atoms with Crippen LogP contribution in [0.3, 0.4) is 0 Å². The Morgan fingerprint density at radius 2 is 1.78 bits per heavy atom. The van der Waals surface area contributed by atoms with Crippen LogP contribution in [0.15, 0.2) is 48.5 Å². The van der Waals surface area contributed by atoms with E-state index >= 15 is 0 Å². The molecule has 0 saturated heterocycles. The largest absolute Gasteiger partial charge is 0.491 e. The summed E-state index contributed by atoms with van der Waals surface area (Å²) in [5.74, 6) is 0.419. The first-order chi connectivity index (χ1) is 13.0. The van der Waals surface area contributed by atoms with Crippen molar-refractivity contribution < 1.29 is 24.5 Å². The molecular formula is C21H27NO5. The number of aliphatic hydroxyl groups is 2. The van der Waals surface area contributed by atoms with Crippen LogP contribution in [0, 0.1) is 12.8 Å². The van der Waals surface area contributed by atoms with Gasteiger partial charge >= 0.3 is 6.09 Å². The zero-order valence-corrected chi connectivity index (χ0v) is 15.7. The van der Waals surface area contributed by atoms with Crippen LogP contribution in [-0.4, -0.2) is 36.1 Å². The average molecular weight is 373 g/mol. The number of aliphatic hydroxyl groups excluding tert-OH is 2. The van der Waals surface area contributed by atoms with E-state index in [1.165, 1.54) is 0 Å². The molecule has 27 heavy (non-hydrogen) atoms. The SMILES string of the molecule is Cc1ccc(NC(=O)O[C@@H](c2ccccc2OCCO)[C@@H](C)CCO)cc1. The molecule has 0 fully saturated rings. The lowest BCUT2D eigenvalue weighted by molar-refractivity contribution is 0.0641. The van der Waals surface area contributed by atoms with Crippen molar-refractivity contribution in [2.75, 3.05) is 25.1 Å². The minimum absolute atomic E-state index is 0.0136. The van der Waals surface area contributed by atoms with Crippen molar-refractivity contribution in [1.29, 1.82) is 0 Å². The summed E-state index contributed by atoms with van der Waals surface area (Å²) in [6.45, 7) is 3.90. The third-order valence-corrected chi connectivity index (χ3v) is 4.21. The fourth-order valence-corrected chi connectivity index (χ4v) is 2.74.